The van der Waals surface area contributed by atoms with Crippen molar-refractivity contribution in [2.75, 3.05) is 0 Å². The number of nitrogens with zero attached hydrogens (tertiary/aromatic N) is 4. The quantitative estimate of drug-likeness (QED) is 0.411. The fourth-order valence-electron chi connectivity index (χ4n) is 1.77. The molecule has 0 saturated carbocycles. The summed E-state index contributed by atoms with van der Waals surface area (Å²) in [5.74, 6) is -0.631. The molecule has 2 aromatic carbocycles. The minimum atomic E-state index is -0.631. The van der Waals surface area contributed by atoms with E-state index in [9.17, 15) is 14.9 Å². The second-order valence-electron chi connectivity index (χ2n) is 4.14. The average Bonchev–Trinajstić information content (AvgIpc) is 2.90. The Morgan fingerprint density at radius 3 is 2.67 bits per heavy atom. The van der Waals surface area contributed by atoms with Crippen LogP contribution in [-0.2, 0) is 0 Å². The monoisotopic (exact) mass is 284 g/mol. The molecule has 0 bridgehead atoms. The molecule has 0 spiro atoms. The molecule has 0 aliphatic heterocycles. The Morgan fingerprint density at radius 2 is 1.95 bits per heavy atom. The van der Waals surface area contributed by atoms with Crippen LogP contribution in [0.2, 0.25) is 0 Å². The van der Waals surface area contributed by atoms with Crippen molar-refractivity contribution >= 4 is 22.7 Å². The number of carbonyl (C=O) groups excluding carboxylic acids is 1. The largest absolute Gasteiger partial charge is 0.365 e. The second kappa shape index (κ2) is 5.00. The number of hydrogen-bond acceptors (Lipinski definition) is 6. The van der Waals surface area contributed by atoms with Crippen molar-refractivity contribution in [3.63, 3.8) is 0 Å². The minimum Gasteiger partial charge on any atom is -0.312 e. The molecule has 0 radical (unpaired) electrons. The van der Waals surface area contributed by atoms with Crippen LogP contribution in [0.5, 0.6) is 0 Å². The lowest BCUT2D eigenvalue weighted by atomic mass is 10.2. The topological polar surface area (TPSA) is 100 Å². The van der Waals surface area contributed by atoms with E-state index in [1.54, 1.807) is 30.3 Å². The molecule has 21 heavy (non-hydrogen) atoms. The maximum Gasteiger partial charge on any atom is 0.365 e. The first-order valence-electron chi connectivity index (χ1n) is 5.93. The zero-order valence-corrected chi connectivity index (χ0v) is 10.5. The normalized spacial score (nSPS) is 10.5. The summed E-state index contributed by atoms with van der Waals surface area (Å²) in [6, 6.07) is 12.3. The third-order valence-electron chi connectivity index (χ3n) is 2.79. The van der Waals surface area contributed by atoms with Crippen molar-refractivity contribution in [1.82, 2.24) is 15.2 Å². The standard InChI is InChI=1S/C13H8N4O4/c18-13(9-4-2-1-3-5-9)21-16-12-8-10(17(19)20)6-7-11(12)14-15-16/h1-8H. The van der Waals surface area contributed by atoms with Gasteiger partial charge in [-0.1, -0.05) is 23.0 Å². The summed E-state index contributed by atoms with van der Waals surface area (Å²) >= 11 is 0. The van der Waals surface area contributed by atoms with Gasteiger partial charge in [0.25, 0.3) is 5.69 Å². The van der Waals surface area contributed by atoms with Gasteiger partial charge < -0.3 is 4.84 Å². The molecule has 8 heteroatoms. The molecule has 0 N–H and O–H groups in total. The van der Waals surface area contributed by atoms with Gasteiger partial charge in [0.05, 0.1) is 10.5 Å². The molecule has 0 atom stereocenters. The zero-order chi connectivity index (χ0) is 14.8. The highest BCUT2D eigenvalue weighted by atomic mass is 16.7. The number of aromatic nitrogens is 3. The van der Waals surface area contributed by atoms with E-state index in [2.05, 4.69) is 10.3 Å². The van der Waals surface area contributed by atoms with Crippen molar-refractivity contribution in [2.45, 2.75) is 0 Å². The maximum atomic E-state index is 11.9. The Bertz CT molecular complexity index is 829. The van der Waals surface area contributed by atoms with Crippen molar-refractivity contribution in [1.29, 1.82) is 0 Å². The number of non-ortho nitro benzene ring substituents is 1. The second-order valence-corrected chi connectivity index (χ2v) is 4.14. The molecule has 104 valence electrons. The number of carbonyl (C=O) groups is 1. The highest BCUT2D eigenvalue weighted by Crippen LogP contribution is 2.18. The molecule has 0 unspecified atom stereocenters. The molecule has 0 aliphatic carbocycles. The summed E-state index contributed by atoms with van der Waals surface area (Å²) in [7, 11) is 0. The van der Waals surface area contributed by atoms with Gasteiger partial charge in [-0.05, 0) is 23.4 Å². The van der Waals surface area contributed by atoms with Crippen LogP contribution in [0, 0.1) is 10.1 Å². The third kappa shape index (κ3) is 2.41. The van der Waals surface area contributed by atoms with E-state index in [1.165, 1.54) is 18.2 Å². The summed E-state index contributed by atoms with van der Waals surface area (Å²) in [6.07, 6.45) is 0. The van der Waals surface area contributed by atoms with E-state index in [4.69, 9.17) is 4.84 Å². The third-order valence-corrected chi connectivity index (χ3v) is 2.79. The van der Waals surface area contributed by atoms with Gasteiger partial charge in [0.15, 0.2) is 0 Å². The lowest BCUT2D eigenvalue weighted by Crippen LogP contribution is -2.20. The number of nitro benzene ring substituents is 1. The van der Waals surface area contributed by atoms with Gasteiger partial charge in [-0.3, -0.25) is 10.1 Å². The lowest BCUT2D eigenvalue weighted by Gasteiger charge is -2.02. The van der Waals surface area contributed by atoms with Gasteiger partial charge in [-0.2, -0.15) is 0 Å². The molecule has 0 amide bonds. The Morgan fingerprint density at radius 1 is 1.19 bits per heavy atom. The van der Waals surface area contributed by atoms with Crippen molar-refractivity contribution in [3.8, 4) is 0 Å². The fraction of sp³-hybridized carbons (Fsp3) is 0. The highest BCUT2D eigenvalue weighted by Gasteiger charge is 2.15. The van der Waals surface area contributed by atoms with Gasteiger partial charge >= 0.3 is 5.97 Å². The molecular formula is C13H8N4O4. The van der Waals surface area contributed by atoms with Crippen molar-refractivity contribution < 1.29 is 14.6 Å². The van der Waals surface area contributed by atoms with Crippen LogP contribution in [0.3, 0.4) is 0 Å². The summed E-state index contributed by atoms with van der Waals surface area (Å²) in [4.78, 5) is 28.1. The highest BCUT2D eigenvalue weighted by molar-refractivity contribution is 5.90. The SMILES string of the molecule is O=C(On1nnc2ccc([N+](=O)[O-])cc21)c1ccccc1. The minimum absolute atomic E-state index is 0.137. The molecule has 0 aliphatic rings. The molecule has 0 fully saturated rings. The number of benzene rings is 2. The lowest BCUT2D eigenvalue weighted by molar-refractivity contribution is -0.384. The van der Waals surface area contributed by atoms with E-state index in [-0.39, 0.29) is 11.2 Å². The van der Waals surface area contributed by atoms with E-state index < -0.39 is 10.9 Å². The van der Waals surface area contributed by atoms with Crippen molar-refractivity contribution in [2.24, 2.45) is 0 Å². The first-order chi connectivity index (χ1) is 10.1. The number of rotatable bonds is 3. The van der Waals surface area contributed by atoms with E-state index in [0.717, 1.165) is 4.85 Å². The van der Waals surface area contributed by atoms with Gasteiger partial charge in [-0.15, -0.1) is 5.10 Å². The first kappa shape index (κ1) is 12.7. The Kier molecular flexibility index (Phi) is 3.03. The predicted molar refractivity (Wildman–Crippen MR) is 71.5 cm³/mol. The van der Waals surface area contributed by atoms with Gasteiger partial charge in [0.2, 0.25) is 0 Å². The van der Waals surface area contributed by atoms with E-state index in [0.29, 0.717) is 11.1 Å². The summed E-state index contributed by atoms with van der Waals surface area (Å²) in [6.45, 7) is 0. The molecule has 3 aromatic rings. The summed E-state index contributed by atoms with van der Waals surface area (Å²) in [5.41, 5.74) is 0.836. The van der Waals surface area contributed by atoms with Crippen LogP contribution in [0.1, 0.15) is 10.4 Å². The number of hydrogen-bond donors (Lipinski definition) is 0. The number of nitro groups is 1. The van der Waals surface area contributed by atoms with E-state index in [1.807, 2.05) is 0 Å². The Hall–Kier alpha value is -3.29. The summed E-state index contributed by atoms with van der Waals surface area (Å²) in [5, 5.41) is 18.2. The fourth-order valence-corrected chi connectivity index (χ4v) is 1.77. The van der Waals surface area contributed by atoms with E-state index >= 15 is 0 Å². The van der Waals surface area contributed by atoms with Crippen LogP contribution in [-0.4, -0.2) is 26.0 Å². The Balaban J connectivity index is 1.95. The van der Waals surface area contributed by atoms with Crippen LogP contribution in [0.15, 0.2) is 48.5 Å². The Labute approximate surface area is 117 Å². The van der Waals surface area contributed by atoms with Crippen LogP contribution in [0.4, 0.5) is 5.69 Å². The van der Waals surface area contributed by atoms with Gasteiger partial charge in [0, 0.05) is 12.1 Å². The molecule has 1 heterocycles. The zero-order valence-electron chi connectivity index (χ0n) is 10.5. The number of fused-ring (bicyclic) bond motifs is 1. The van der Waals surface area contributed by atoms with Gasteiger partial charge in [-0.25, -0.2) is 4.79 Å². The van der Waals surface area contributed by atoms with Crippen LogP contribution in [0.25, 0.3) is 11.0 Å². The van der Waals surface area contributed by atoms with Crippen molar-refractivity contribution in [3.05, 3.63) is 64.2 Å². The molecule has 8 nitrogen and oxygen atoms in total. The molecule has 0 saturated heterocycles. The smallest absolute Gasteiger partial charge is 0.312 e. The van der Waals surface area contributed by atoms with Crippen LogP contribution >= 0.6 is 0 Å². The average molecular weight is 284 g/mol. The van der Waals surface area contributed by atoms with Crippen LogP contribution < -0.4 is 4.84 Å². The molecule has 1 aromatic heterocycles. The first-order valence-corrected chi connectivity index (χ1v) is 5.93. The van der Waals surface area contributed by atoms with Gasteiger partial charge in [0.1, 0.15) is 11.0 Å². The predicted octanol–water partition coefficient (Wildman–Crippen LogP) is 1.61. The summed E-state index contributed by atoms with van der Waals surface area (Å²) < 4.78 is 0. The maximum absolute atomic E-state index is 11.9. The molecule has 3 rings (SSSR count). The molecular weight excluding hydrogens is 276 g/mol.